The average Bonchev–Trinajstić information content (AvgIpc) is 3.12. The van der Waals surface area contributed by atoms with E-state index in [1.54, 1.807) is 41.5 Å². The van der Waals surface area contributed by atoms with Crippen molar-refractivity contribution in [1.29, 1.82) is 0 Å². The molecule has 0 saturated carbocycles. The molecule has 4 aromatic carbocycles. The maximum atomic E-state index is 12.8. The Bertz CT molecular complexity index is 2370. The summed E-state index contributed by atoms with van der Waals surface area (Å²) in [7, 11) is 0. The number of aliphatic imine (C=N–C) groups is 2. The Labute approximate surface area is 519 Å². The lowest BCUT2D eigenvalue weighted by Gasteiger charge is -2.23. The molecule has 6 N–H and O–H groups in total. The summed E-state index contributed by atoms with van der Waals surface area (Å²) >= 11 is 0. The number of ether oxygens (including phenoxy) is 2. The van der Waals surface area contributed by atoms with Crippen molar-refractivity contribution in [3.05, 3.63) is 144 Å². The van der Waals surface area contributed by atoms with Crippen LogP contribution in [0.1, 0.15) is 167 Å². The molecule has 4 atom stereocenters. The zero-order valence-electron chi connectivity index (χ0n) is 49.9. The number of carbonyl (C=O) groups is 4. The van der Waals surface area contributed by atoms with Gasteiger partial charge in [-0.1, -0.05) is 147 Å². The molecule has 0 aliphatic rings. The molecule has 496 valence electrons. The number of unbranched alkanes of at least 4 members (excludes halogenated alkanes) is 4. The van der Waals surface area contributed by atoms with E-state index in [0.29, 0.717) is 11.4 Å². The van der Waals surface area contributed by atoms with Crippen LogP contribution < -0.4 is 11.5 Å². The molecule has 88 heavy (non-hydrogen) atoms. The molecule has 0 amide bonds. The number of rotatable bonds is 26. The second-order valence-electron chi connectivity index (χ2n) is 21.9. The summed E-state index contributed by atoms with van der Waals surface area (Å²) in [5.74, 6) is -3.41. The SMILES string of the molecule is CC(C)(C)OC(=O)[C@@H](CCCCC(F)(F)F)N=C(c1ccccc1)c1ccccc1.CC(C)(C)OC(=O)[C@H](CCCCC(F)(F)F)N=C(c1ccccc1)c1ccccc1.Cl.Cl.N[C@@H](CCCCC(F)(F)F)C(=O)O.N[C@H](CCCCC(F)(F)F)C(=O)O. The van der Waals surface area contributed by atoms with E-state index in [1.165, 1.54) is 0 Å². The van der Waals surface area contributed by atoms with E-state index in [9.17, 15) is 71.9 Å². The number of alkyl halides is 12. The molecule has 12 nitrogen and oxygen atoms in total. The molecule has 0 bridgehead atoms. The highest BCUT2D eigenvalue weighted by molar-refractivity contribution is 6.14. The molecule has 0 fully saturated rings. The Morgan fingerprint density at radius 3 is 0.773 bits per heavy atom. The van der Waals surface area contributed by atoms with E-state index in [-0.39, 0.29) is 102 Å². The quantitative estimate of drug-likeness (QED) is 0.0203. The third kappa shape index (κ3) is 42.6. The number of esters is 2. The van der Waals surface area contributed by atoms with Gasteiger partial charge in [-0.05, 0) is 92.9 Å². The van der Waals surface area contributed by atoms with Gasteiger partial charge in [0.05, 0.1) is 11.4 Å². The number of carbonyl (C=O) groups excluding carboxylic acids is 2. The number of hydrogen-bond acceptors (Lipinski definition) is 10. The predicted molar refractivity (Wildman–Crippen MR) is 320 cm³/mol. The second kappa shape index (κ2) is 41.1. The van der Waals surface area contributed by atoms with Gasteiger partial charge in [-0.15, -0.1) is 24.8 Å². The van der Waals surface area contributed by atoms with Gasteiger partial charge >= 0.3 is 48.6 Å². The molecule has 0 radical (unpaired) electrons. The first-order valence-electron chi connectivity index (χ1n) is 27.8. The molecule has 0 heterocycles. The van der Waals surface area contributed by atoms with Crippen molar-refractivity contribution >= 4 is 60.1 Å². The first kappa shape index (κ1) is 83.8. The fourth-order valence-electron chi connectivity index (χ4n) is 7.49. The van der Waals surface area contributed by atoms with Crippen LogP contribution >= 0.6 is 24.8 Å². The number of hydrogen-bond donors (Lipinski definition) is 4. The number of nitrogens with zero attached hydrogens (tertiary/aromatic N) is 2. The number of aliphatic carboxylic acids is 2. The van der Waals surface area contributed by atoms with Gasteiger partial charge < -0.3 is 31.2 Å². The summed E-state index contributed by atoms with van der Waals surface area (Å²) < 4.78 is 156. The van der Waals surface area contributed by atoms with E-state index < -0.39 is 110 Å². The van der Waals surface area contributed by atoms with Gasteiger partial charge in [-0.2, -0.15) is 52.7 Å². The lowest BCUT2D eigenvalue weighted by Crippen LogP contribution is -2.32. The van der Waals surface area contributed by atoms with Crippen molar-refractivity contribution in [2.45, 2.75) is 204 Å². The maximum absolute atomic E-state index is 12.8. The number of nitrogens with two attached hydrogens (primary N) is 2. The smallest absolute Gasteiger partial charge is 0.389 e. The van der Waals surface area contributed by atoms with Crippen LogP contribution in [0.5, 0.6) is 0 Å². The van der Waals surface area contributed by atoms with Crippen molar-refractivity contribution in [2.75, 3.05) is 0 Å². The van der Waals surface area contributed by atoms with Crippen LogP contribution in [0.25, 0.3) is 0 Å². The minimum atomic E-state index is -4.20. The van der Waals surface area contributed by atoms with Crippen LogP contribution in [-0.4, -0.2) is 106 Å². The molecule has 0 saturated heterocycles. The van der Waals surface area contributed by atoms with Crippen LogP contribution in [0, 0.1) is 0 Å². The first-order valence-corrected chi connectivity index (χ1v) is 27.8. The van der Waals surface area contributed by atoms with Crippen LogP contribution in [0.15, 0.2) is 131 Å². The van der Waals surface area contributed by atoms with Gasteiger partial charge in [-0.25, -0.2) is 9.59 Å². The average molecular weight is 1310 g/mol. The topological polar surface area (TPSA) is 204 Å². The van der Waals surface area contributed by atoms with Crippen molar-refractivity contribution < 1.29 is 91.5 Å². The summed E-state index contributed by atoms with van der Waals surface area (Å²) in [6, 6.07) is 33.8. The summed E-state index contributed by atoms with van der Waals surface area (Å²) in [6.07, 6.45) is -19.1. The van der Waals surface area contributed by atoms with Crippen molar-refractivity contribution in [1.82, 2.24) is 0 Å². The Morgan fingerprint density at radius 1 is 0.386 bits per heavy atom. The van der Waals surface area contributed by atoms with Crippen molar-refractivity contribution in [2.24, 2.45) is 21.5 Å². The molecular formula is C62H82Cl2F12N4O8. The number of benzene rings is 4. The molecule has 26 heteroatoms. The first-order chi connectivity index (χ1) is 39.8. The lowest BCUT2D eigenvalue weighted by molar-refractivity contribution is -0.157. The summed E-state index contributed by atoms with van der Waals surface area (Å²) in [5.41, 5.74) is 13.3. The Hall–Kier alpha value is -6.24. The predicted octanol–water partition coefficient (Wildman–Crippen LogP) is 16.6. The zero-order chi connectivity index (χ0) is 65.4. The molecule has 4 rings (SSSR count). The van der Waals surface area contributed by atoms with Gasteiger partial charge in [0, 0.05) is 47.9 Å². The standard InChI is InChI=1S/2C24H28F3NO2.2C7H12F3NO2.2ClH/c2*1-23(2,3)30-22(29)20(16-10-11-17-24(25,26)27)28-21(18-12-6-4-7-13-18)19-14-8-5-9-15-19;2*8-7(9,10)4-2-1-3-5(11)6(12)13;;/h2*4-9,12-15,20H,10-11,16-17H2,1-3H3;2*5H,1-4,11H2,(H,12,13);2*1H/t2*20-;2*5-;;/m1010../s1. The highest BCUT2D eigenvalue weighted by atomic mass is 35.5. The minimum Gasteiger partial charge on any atom is -0.480 e. The highest BCUT2D eigenvalue weighted by Crippen LogP contribution is 2.28. The maximum Gasteiger partial charge on any atom is 0.389 e. The third-order valence-electron chi connectivity index (χ3n) is 11.6. The Balaban J connectivity index is 0. The molecule has 0 aliphatic carbocycles. The van der Waals surface area contributed by atoms with Gasteiger partial charge in [0.2, 0.25) is 0 Å². The molecule has 0 unspecified atom stereocenters. The Morgan fingerprint density at radius 2 is 0.591 bits per heavy atom. The number of carboxylic acids is 2. The largest absolute Gasteiger partial charge is 0.480 e. The molecule has 0 aliphatic heterocycles. The van der Waals surface area contributed by atoms with Gasteiger partial charge in [0.1, 0.15) is 35.4 Å². The summed E-state index contributed by atoms with van der Waals surface area (Å²) in [6.45, 7) is 10.5. The van der Waals surface area contributed by atoms with E-state index in [2.05, 4.69) is 0 Å². The van der Waals surface area contributed by atoms with E-state index in [4.69, 9.17) is 41.1 Å². The van der Waals surface area contributed by atoms with Gasteiger partial charge in [0.25, 0.3) is 0 Å². The monoisotopic (exact) mass is 1310 g/mol. The second-order valence-corrected chi connectivity index (χ2v) is 21.9. The third-order valence-corrected chi connectivity index (χ3v) is 11.6. The summed E-state index contributed by atoms with van der Waals surface area (Å²) in [4.78, 5) is 55.3. The number of halogens is 14. The number of carboxylic acid groups (broad SMARTS) is 2. The van der Waals surface area contributed by atoms with E-state index >= 15 is 0 Å². The van der Waals surface area contributed by atoms with Crippen LogP contribution in [0.3, 0.4) is 0 Å². The fourth-order valence-corrected chi connectivity index (χ4v) is 7.49. The zero-order valence-corrected chi connectivity index (χ0v) is 51.5. The van der Waals surface area contributed by atoms with Crippen LogP contribution in [-0.2, 0) is 28.7 Å². The minimum absolute atomic E-state index is 0. The normalized spacial score (nSPS) is 13.0. The van der Waals surface area contributed by atoms with Crippen LogP contribution in [0.2, 0.25) is 0 Å². The van der Waals surface area contributed by atoms with Gasteiger partial charge in [-0.3, -0.25) is 19.6 Å². The van der Waals surface area contributed by atoms with Crippen molar-refractivity contribution in [3.63, 3.8) is 0 Å². The van der Waals surface area contributed by atoms with Gasteiger partial charge in [0.15, 0.2) is 0 Å². The van der Waals surface area contributed by atoms with E-state index in [0.717, 1.165) is 22.3 Å². The Kier molecular flexibility index (Phi) is 39.2. The van der Waals surface area contributed by atoms with Crippen molar-refractivity contribution in [3.8, 4) is 0 Å². The summed E-state index contributed by atoms with van der Waals surface area (Å²) in [5, 5.41) is 16.6. The fraction of sp³-hybridized carbons (Fsp3) is 0.516. The molecule has 4 aromatic rings. The molecule has 0 spiro atoms. The highest BCUT2D eigenvalue weighted by Gasteiger charge is 2.32. The lowest BCUT2D eigenvalue weighted by atomic mass is 10.0. The van der Waals surface area contributed by atoms with E-state index in [1.807, 2.05) is 121 Å². The molecular weight excluding hydrogens is 1230 g/mol. The molecule has 0 aromatic heterocycles. The van der Waals surface area contributed by atoms with Crippen LogP contribution in [0.4, 0.5) is 52.7 Å².